The standard InChI is InChI=1S/C14H13BrN2O4/c1-20-10-6-8(7-11(21-2)12(10)15)14(19)17-13-9(18)4-3-5-16-13/h3-7,18H,1-2H3,(H,16,17,19). The molecule has 0 aliphatic heterocycles. The van der Waals surface area contributed by atoms with Crippen molar-refractivity contribution in [1.29, 1.82) is 0 Å². The largest absolute Gasteiger partial charge is 0.504 e. The van der Waals surface area contributed by atoms with Gasteiger partial charge in [0.2, 0.25) is 0 Å². The average Bonchev–Trinajstić information content (AvgIpc) is 2.49. The molecule has 7 heteroatoms. The number of aromatic hydroxyl groups is 1. The van der Waals surface area contributed by atoms with Crippen molar-refractivity contribution in [3.05, 3.63) is 40.5 Å². The van der Waals surface area contributed by atoms with Crippen molar-refractivity contribution in [3.63, 3.8) is 0 Å². The summed E-state index contributed by atoms with van der Waals surface area (Å²) in [6.07, 6.45) is 1.47. The minimum Gasteiger partial charge on any atom is -0.504 e. The zero-order valence-electron chi connectivity index (χ0n) is 11.4. The second-order valence-electron chi connectivity index (χ2n) is 4.02. The first kappa shape index (κ1) is 15.1. The number of benzene rings is 1. The fourth-order valence-corrected chi connectivity index (χ4v) is 2.23. The molecular formula is C14H13BrN2O4. The van der Waals surface area contributed by atoms with Crippen LogP contribution in [0.3, 0.4) is 0 Å². The van der Waals surface area contributed by atoms with Gasteiger partial charge in [0.05, 0.1) is 14.2 Å². The Kier molecular flexibility index (Phi) is 4.64. The summed E-state index contributed by atoms with van der Waals surface area (Å²) in [5, 5.41) is 12.1. The number of methoxy groups -OCH3 is 2. The van der Waals surface area contributed by atoms with E-state index in [0.717, 1.165) is 0 Å². The number of aromatic nitrogens is 1. The molecule has 2 N–H and O–H groups in total. The number of ether oxygens (including phenoxy) is 2. The Hall–Kier alpha value is -2.28. The molecule has 110 valence electrons. The first-order valence-corrected chi connectivity index (χ1v) is 6.73. The predicted octanol–water partition coefficient (Wildman–Crippen LogP) is 2.82. The summed E-state index contributed by atoms with van der Waals surface area (Å²) in [5.41, 5.74) is 0.317. The molecule has 0 saturated heterocycles. The van der Waals surface area contributed by atoms with E-state index in [1.165, 1.54) is 26.5 Å². The van der Waals surface area contributed by atoms with Gasteiger partial charge in [0, 0.05) is 11.8 Å². The molecule has 0 aliphatic carbocycles. The number of hydrogen-bond donors (Lipinski definition) is 2. The van der Waals surface area contributed by atoms with Crippen LogP contribution in [-0.4, -0.2) is 30.2 Å². The first-order chi connectivity index (χ1) is 10.1. The van der Waals surface area contributed by atoms with Crippen molar-refractivity contribution in [1.82, 2.24) is 4.98 Å². The Morgan fingerprint density at radius 3 is 2.43 bits per heavy atom. The molecule has 0 aliphatic rings. The summed E-state index contributed by atoms with van der Waals surface area (Å²) in [4.78, 5) is 16.1. The fraction of sp³-hybridized carbons (Fsp3) is 0.143. The number of amides is 1. The zero-order chi connectivity index (χ0) is 15.4. The van der Waals surface area contributed by atoms with Gasteiger partial charge in [-0.05, 0) is 40.2 Å². The van der Waals surface area contributed by atoms with Crippen LogP contribution in [0, 0.1) is 0 Å². The Morgan fingerprint density at radius 1 is 1.29 bits per heavy atom. The van der Waals surface area contributed by atoms with Gasteiger partial charge in [0.15, 0.2) is 11.6 Å². The maximum absolute atomic E-state index is 12.2. The van der Waals surface area contributed by atoms with Gasteiger partial charge in [0.1, 0.15) is 16.0 Å². The lowest BCUT2D eigenvalue weighted by Gasteiger charge is -2.11. The molecule has 0 fully saturated rings. The van der Waals surface area contributed by atoms with E-state index in [1.807, 2.05) is 0 Å². The summed E-state index contributed by atoms with van der Waals surface area (Å²) in [6.45, 7) is 0. The summed E-state index contributed by atoms with van der Waals surface area (Å²) < 4.78 is 11.0. The number of carbonyl (C=O) groups excluding carboxylic acids is 1. The molecular weight excluding hydrogens is 340 g/mol. The van der Waals surface area contributed by atoms with Gasteiger partial charge in [-0.2, -0.15) is 0 Å². The van der Waals surface area contributed by atoms with Crippen LogP contribution in [0.1, 0.15) is 10.4 Å². The lowest BCUT2D eigenvalue weighted by atomic mass is 10.2. The van der Waals surface area contributed by atoms with E-state index in [2.05, 4.69) is 26.2 Å². The molecule has 1 heterocycles. The number of anilines is 1. The average molecular weight is 353 g/mol. The summed E-state index contributed by atoms with van der Waals surface area (Å²) in [7, 11) is 2.98. The van der Waals surface area contributed by atoms with Crippen LogP contribution in [0.2, 0.25) is 0 Å². The van der Waals surface area contributed by atoms with E-state index in [9.17, 15) is 9.90 Å². The molecule has 0 spiro atoms. The SMILES string of the molecule is COc1cc(C(=O)Nc2ncccc2O)cc(OC)c1Br. The third-order valence-corrected chi connectivity index (χ3v) is 3.51. The molecule has 1 amide bonds. The van der Waals surface area contributed by atoms with Crippen molar-refractivity contribution < 1.29 is 19.4 Å². The Labute approximate surface area is 129 Å². The maximum Gasteiger partial charge on any atom is 0.257 e. The highest BCUT2D eigenvalue weighted by Crippen LogP contribution is 2.35. The second kappa shape index (κ2) is 6.45. The van der Waals surface area contributed by atoms with Crippen LogP contribution < -0.4 is 14.8 Å². The van der Waals surface area contributed by atoms with Crippen LogP contribution in [0.5, 0.6) is 17.2 Å². The summed E-state index contributed by atoms with van der Waals surface area (Å²) in [5.74, 6) is 0.466. The van der Waals surface area contributed by atoms with Gasteiger partial charge in [0.25, 0.3) is 5.91 Å². The monoisotopic (exact) mass is 352 g/mol. The third-order valence-electron chi connectivity index (χ3n) is 2.73. The lowest BCUT2D eigenvalue weighted by molar-refractivity contribution is 0.102. The highest BCUT2D eigenvalue weighted by atomic mass is 79.9. The number of halogens is 1. The van der Waals surface area contributed by atoms with Gasteiger partial charge in [-0.1, -0.05) is 0 Å². The second-order valence-corrected chi connectivity index (χ2v) is 4.81. The molecule has 1 aromatic heterocycles. The highest BCUT2D eigenvalue weighted by molar-refractivity contribution is 9.10. The maximum atomic E-state index is 12.2. The first-order valence-electron chi connectivity index (χ1n) is 5.93. The number of nitrogens with one attached hydrogen (secondary N) is 1. The molecule has 0 saturated carbocycles. The van der Waals surface area contributed by atoms with Gasteiger partial charge < -0.3 is 19.9 Å². The lowest BCUT2D eigenvalue weighted by Crippen LogP contribution is -2.13. The minimum absolute atomic E-state index is 0.0864. The van der Waals surface area contributed by atoms with Crippen LogP contribution in [0.15, 0.2) is 34.9 Å². The Bertz CT molecular complexity index is 651. The zero-order valence-corrected chi connectivity index (χ0v) is 13.0. The molecule has 0 unspecified atom stereocenters. The van der Waals surface area contributed by atoms with E-state index < -0.39 is 5.91 Å². The van der Waals surface area contributed by atoms with E-state index in [-0.39, 0.29) is 11.6 Å². The van der Waals surface area contributed by atoms with Gasteiger partial charge in [-0.3, -0.25) is 4.79 Å². The molecule has 2 rings (SSSR count). The summed E-state index contributed by atoms with van der Waals surface area (Å²) >= 11 is 3.33. The van der Waals surface area contributed by atoms with Crippen molar-refractivity contribution >= 4 is 27.7 Å². The highest BCUT2D eigenvalue weighted by Gasteiger charge is 2.16. The Morgan fingerprint density at radius 2 is 1.90 bits per heavy atom. The van der Waals surface area contributed by atoms with Gasteiger partial charge >= 0.3 is 0 Å². The van der Waals surface area contributed by atoms with Gasteiger partial charge in [-0.25, -0.2) is 4.98 Å². The normalized spacial score (nSPS) is 10.0. The van der Waals surface area contributed by atoms with Gasteiger partial charge in [-0.15, -0.1) is 0 Å². The van der Waals surface area contributed by atoms with Crippen molar-refractivity contribution in [2.24, 2.45) is 0 Å². The number of carbonyl (C=O) groups is 1. The van der Waals surface area contributed by atoms with E-state index >= 15 is 0 Å². The van der Waals surface area contributed by atoms with Crippen molar-refractivity contribution in [2.45, 2.75) is 0 Å². The number of nitrogens with zero attached hydrogens (tertiary/aromatic N) is 1. The predicted molar refractivity (Wildman–Crippen MR) is 81.1 cm³/mol. The van der Waals surface area contributed by atoms with Crippen LogP contribution in [-0.2, 0) is 0 Å². The quantitative estimate of drug-likeness (QED) is 0.884. The van der Waals surface area contributed by atoms with Crippen LogP contribution >= 0.6 is 15.9 Å². The molecule has 1 aromatic carbocycles. The number of hydrogen-bond acceptors (Lipinski definition) is 5. The molecule has 21 heavy (non-hydrogen) atoms. The van der Waals surface area contributed by atoms with E-state index in [1.54, 1.807) is 18.2 Å². The van der Waals surface area contributed by atoms with Crippen molar-refractivity contribution in [2.75, 3.05) is 19.5 Å². The van der Waals surface area contributed by atoms with E-state index in [4.69, 9.17) is 9.47 Å². The van der Waals surface area contributed by atoms with Crippen molar-refractivity contribution in [3.8, 4) is 17.2 Å². The molecule has 6 nitrogen and oxygen atoms in total. The summed E-state index contributed by atoms with van der Waals surface area (Å²) in [6, 6.07) is 6.12. The molecule has 0 atom stereocenters. The van der Waals surface area contributed by atoms with E-state index in [0.29, 0.717) is 21.5 Å². The number of rotatable bonds is 4. The van der Waals surface area contributed by atoms with Crippen LogP contribution in [0.25, 0.3) is 0 Å². The smallest absolute Gasteiger partial charge is 0.257 e. The number of pyridine rings is 1. The third kappa shape index (κ3) is 3.25. The molecule has 0 bridgehead atoms. The molecule has 0 radical (unpaired) electrons. The minimum atomic E-state index is -0.437. The topological polar surface area (TPSA) is 80.7 Å². The Balaban J connectivity index is 2.33. The fourth-order valence-electron chi connectivity index (χ4n) is 1.67. The molecule has 2 aromatic rings. The van der Waals surface area contributed by atoms with Crippen LogP contribution in [0.4, 0.5) is 5.82 Å².